The van der Waals surface area contributed by atoms with Crippen molar-refractivity contribution in [2.45, 2.75) is 19.1 Å². The van der Waals surface area contributed by atoms with Gasteiger partial charge in [-0.2, -0.15) is 5.10 Å². The van der Waals surface area contributed by atoms with Gasteiger partial charge in [-0.1, -0.05) is 11.6 Å². The lowest BCUT2D eigenvalue weighted by atomic mass is 10.2. The molecule has 0 spiro atoms. The van der Waals surface area contributed by atoms with Crippen LogP contribution in [-0.2, 0) is 9.47 Å². The summed E-state index contributed by atoms with van der Waals surface area (Å²) < 4.78 is 12.9. The minimum absolute atomic E-state index is 0.0237. The molecule has 1 aliphatic heterocycles. The Morgan fingerprint density at radius 2 is 2.33 bits per heavy atom. The van der Waals surface area contributed by atoms with E-state index >= 15 is 0 Å². The first-order chi connectivity index (χ1) is 8.75. The molecule has 0 radical (unpaired) electrons. The Hall–Kier alpha value is -1.24. The third-order valence-electron chi connectivity index (χ3n) is 3.04. The standard InChI is InChI=1S/C11H13ClN4O2/c1-7(9-6-17-2-3-18-9)16-11-8(4-14-16)13-5-10(12)15-11/h4-5,7,9H,2-3,6H2,1H3/t7-,9-/m0/s1. The smallest absolute Gasteiger partial charge is 0.178 e. The van der Waals surface area contributed by atoms with Crippen molar-refractivity contribution in [1.29, 1.82) is 0 Å². The Kier molecular flexibility index (Phi) is 3.15. The Morgan fingerprint density at radius 1 is 1.44 bits per heavy atom. The molecule has 0 saturated carbocycles. The molecule has 1 aliphatic rings. The third-order valence-corrected chi connectivity index (χ3v) is 3.22. The number of hydrogen-bond donors (Lipinski definition) is 0. The van der Waals surface area contributed by atoms with Crippen molar-refractivity contribution in [1.82, 2.24) is 19.7 Å². The second-order valence-corrected chi connectivity index (χ2v) is 4.60. The van der Waals surface area contributed by atoms with Gasteiger partial charge in [0.2, 0.25) is 0 Å². The number of aromatic nitrogens is 4. The summed E-state index contributed by atoms with van der Waals surface area (Å²) >= 11 is 5.87. The zero-order valence-electron chi connectivity index (χ0n) is 9.91. The van der Waals surface area contributed by atoms with Crippen LogP contribution in [0.1, 0.15) is 13.0 Å². The van der Waals surface area contributed by atoms with Gasteiger partial charge in [-0.05, 0) is 6.92 Å². The predicted octanol–water partition coefficient (Wildman–Crippen LogP) is 1.46. The molecule has 18 heavy (non-hydrogen) atoms. The van der Waals surface area contributed by atoms with Crippen molar-refractivity contribution >= 4 is 22.8 Å². The molecule has 1 saturated heterocycles. The van der Waals surface area contributed by atoms with Gasteiger partial charge in [-0.3, -0.25) is 0 Å². The zero-order valence-corrected chi connectivity index (χ0v) is 10.7. The molecule has 6 nitrogen and oxygen atoms in total. The van der Waals surface area contributed by atoms with Gasteiger partial charge < -0.3 is 9.47 Å². The summed E-state index contributed by atoms with van der Waals surface area (Å²) in [7, 11) is 0. The molecule has 3 rings (SSSR count). The lowest BCUT2D eigenvalue weighted by molar-refractivity contribution is -0.106. The van der Waals surface area contributed by atoms with Crippen LogP contribution in [0.3, 0.4) is 0 Å². The molecule has 0 aliphatic carbocycles. The molecule has 2 atom stereocenters. The fraction of sp³-hybridized carbons (Fsp3) is 0.545. The summed E-state index contributed by atoms with van der Waals surface area (Å²) in [5.74, 6) is 0. The average Bonchev–Trinajstić information content (AvgIpc) is 2.82. The second kappa shape index (κ2) is 4.79. The Labute approximate surface area is 109 Å². The van der Waals surface area contributed by atoms with Crippen LogP contribution in [0, 0.1) is 0 Å². The van der Waals surface area contributed by atoms with Crippen molar-refractivity contribution in [2.75, 3.05) is 19.8 Å². The van der Waals surface area contributed by atoms with Gasteiger partial charge in [0.05, 0.1) is 38.3 Å². The zero-order chi connectivity index (χ0) is 12.5. The molecule has 3 heterocycles. The lowest BCUT2D eigenvalue weighted by Gasteiger charge is -2.28. The third kappa shape index (κ3) is 2.07. The number of ether oxygens (including phenoxy) is 2. The van der Waals surface area contributed by atoms with Gasteiger partial charge in [0.25, 0.3) is 0 Å². The van der Waals surface area contributed by atoms with E-state index in [2.05, 4.69) is 15.1 Å². The minimum atomic E-state index is -0.0253. The normalized spacial score (nSPS) is 22.2. The van der Waals surface area contributed by atoms with Crippen molar-refractivity contribution in [3.05, 3.63) is 17.5 Å². The molecule has 0 aromatic carbocycles. The summed E-state index contributed by atoms with van der Waals surface area (Å²) in [5, 5.41) is 4.67. The highest BCUT2D eigenvalue weighted by atomic mass is 35.5. The average molecular weight is 269 g/mol. The van der Waals surface area contributed by atoms with Crippen molar-refractivity contribution in [3.63, 3.8) is 0 Å². The summed E-state index contributed by atoms with van der Waals surface area (Å²) in [6.45, 7) is 3.85. The summed E-state index contributed by atoms with van der Waals surface area (Å²) in [5.41, 5.74) is 1.40. The molecule has 0 N–H and O–H groups in total. The molecular formula is C11H13ClN4O2. The summed E-state index contributed by atoms with van der Waals surface area (Å²) in [4.78, 5) is 8.44. The van der Waals surface area contributed by atoms with Crippen LogP contribution in [0.25, 0.3) is 11.2 Å². The van der Waals surface area contributed by atoms with Crippen molar-refractivity contribution in [3.8, 4) is 0 Å². The summed E-state index contributed by atoms with van der Waals surface area (Å²) in [6, 6.07) is 0.0237. The van der Waals surface area contributed by atoms with E-state index in [9.17, 15) is 0 Å². The molecule has 7 heteroatoms. The predicted molar refractivity (Wildman–Crippen MR) is 65.6 cm³/mol. The van der Waals surface area contributed by atoms with Crippen LogP contribution >= 0.6 is 11.6 Å². The Morgan fingerprint density at radius 3 is 3.11 bits per heavy atom. The lowest BCUT2D eigenvalue weighted by Crippen LogP contribution is -2.35. The van der Waals surface area contributed by atoms with E-state index in [1.165, 1.54) is 6.20 Å². The number of halogens is 1. The van der Waals surface area contributed by atoms with Crippen molar-refractivity contribution < 1.29 is 9.47 Å². The highest BCUT2D eigenvalue weighted by molar-refractivity contribution is 6.29. The van der Waals surface area contributed by atoms with Gasteiger partial charge in [-0.25, -0.2) is 14.6 Å². The monoisotopic (exact) mass is 268 g/mol. The first kappa shape index (κ1) is 11.8. The van der Waals surface area contributed by atoms with Gasteiger partial charge in [0.1, 0.15) is 16.8 Å². The fourth-order valence-corrected chi connectivity index (χ4v) is 2.17. The molecule has 0 amide bonds. The number of rotatable bonds is 2. The molecule has 0 bridgehead atoms. The largest absolute Gasteiger partial charge is 0.376 e. The van der Waals surface area contributed by atoms with E-state index in [1.807, 2.05) is 6.92 Å². The summed E-state index contributed by atoms with van der Waals surface area (Å²) in [6.07, 6.45) is 3.17. The van der Waals surface area contributed by atoms with Gasteiger partial charge >= 0.3 is 0 Å². The number of hydrogen-bond acceptors (Lipinski definition) is 5. The first-order valence-corrected chi connectivity index (χ1v) is 6.18. The quantitative estimate of drug-likeness (QED) is 0.825. The van der Waals surface area contributed by atoms with Crippen molar-refractivity contribution in [2.24, 2.45) is 0 Å². The second-order valence-electron chi connectivity index (χ2n) is 4.22. The van der Waals surface area contributed by atoms with E-state index in [1.54, 1.807) is 10.9 Å². The van der Waals surface area contributed by atoms with E-state index in [0.717, 1.165) is 5.52 Å². The SMILES string of the molecule is C[C@@H]([C@@H]1COCCO1)n1ncc2ncc(Cl)nc21. The van der Waals surface area contributed by atoms with Crippen LogP contribution in [0.15, 0.2) is 12.4 Å². The van der Waals surface area contributed by atoms with E-state index in [0.29, 0.717) is 30.6 Å². The van der Waals surface area contributed by atoms with Crippen LogP contribution in [0.5, 0.6) is 0 Å². The van der Waals surface area contributed by atoms with E-state index < -0.39 is 0 Å². The molecule has 2 aromatic heterocycles. The molecular weight excluding hydrogens is 256 g/mol. The Bertz CT molecular complexity index is 553. The van der Waals surface area contributed by atoms with Gasteiger partial charge in [0, 0.05) is 0 Å². The topological polar surface area (TPSA) is 62.1 Å². The highest BCUT2D eigenvalue weighted by Gasteiger charge is 2.25. The van der Waals surface area contributed by atoms with Crippen LogP contribution in [0.4, 0.5) is 0 Å². The molecule has 1 fully saturated rings. The highest BCUT2D eigenvalue weighted by Crippen LogP contribution is 2.21. The maximum absolute atomic E-state index is 5.87. The van der Waals surface area contributed by atoms with Gasteiger partial charge in [0.15, 0.2) is 5.65 Å². The number of nitrogens with zero attached hydrogens (tertiary/aromatic N) is 4. The Balaban J connectivity index is 1.95. The molecule has 0 unspecified atom stereocenters. The minimum Gasteiger partial charge on any atom is -0.376 e. The maximum Gasteiger partial charge on any atom is 0.178 e. The molecule has 2 aromatic rings. The van der Waals surface area contributed by atoms with Crippen LogP contribution in [-0.4, -0.2) is 45.7 Å². The molecule has 96 valence electrons. The van der Waals surface area contributed by atoms with Gasteiger partial charge in [-0.15, -0.1) is 0 Å². The van der Waals surface area contributed by atoms with Crippen LogP contribution < -0.4 is 0 Å². The maximum atomic E-state index is 5.87. The fourth-order valence-electron chi connectivity index (χ4n) is 2.04. The number of fused-ring (bicyclic) bond motifs is 1. The van der Waals surface area contributed by atoms with Crippen LogP contribution in [0.2, 0.25) is 5.15 Å². The first-order valence-electron chi connectivity index (χ1n) is 5.81. The van der Waals surface area contributed by atoms with E-state index in [4.69, 9.17) is 21.1 Å². The van der Waals surface area contributed by atoms with E-state index in [-0.39, 0.29) is 12.1 Å².